The minimum Gasteiger partial charge on any atom is -0.508 e. The average Bonchev–Trinajstić information content (AvgIpc) is 3.01. The van der Waals surface area contributed by atoms with Crippen molar-refractivity contribution in [3.05, 3.63) is 98.0 Å². The summed E-state index contributed by atoms with van der Waals surface area (Å²) in [4.78, 5) is 31.0. The smallest absolute Gasteiger partial charge is 0.333 e. The van der Waals surface area contributed by atoms with E-state index in [1.807, 2.05) is 19.1 Å². The van der Waals surface area contributed by atoms with Crippen molar-refractivity contribution in [1.82, 2.24) is 4.98 Å². The monoisotopic (exact) mass is 612 g/mol. The van der Waals surface area contributed by atoms with E-state index in [1.54, 1.807) is 44.3 Å². The lowest BCUT2D eigenvalue weighted by Gasteiger charge is -2.44. The third kappa shape index (κ3) is 5.29. The van der Waals surface area contributed by atoms with Gasteiger partial charge in [-0.2, -0.15) is 0 Å². The van der Waals surface area contributed by atoms with Crippen molar-refractivity contribution in [1.29, 1.82) is 0 Å². The number of allylic oxidation sites excluding steroid dienone is 1. The van der Waals surface area contributed by atoms with E-state index in [4.69, 9.17) is 19.6 Å². The van der Waals surface area contributed by atoms with Crippen LogP contribution in [0, 0.1) is 0 Å². The zero-order valence-corrected chi connectivity index (χ0v) is 25.4. The summed E-state index contributed by atoms with van der Waals surface area (Å²) >= 11 is 0. The van der Waals surface area contributed by atoms with E-state index >= 15 is 0 Å². The second-order valence-electron chi connectivity index (χ2n) is 12.0. The summed E-state index contributed by atoms with van der Waals surface area (Å²) in [7, 11) is 0. The van der Waals surface area contributed by atoms with Gasteiger partial charge in [0, 0.05) is 41.3 Å². The number of aliphatic hydroxyl groups is 1. The highest BCUT2D eigenvalue weighted by atomic mass is 16.6. The molecule has 2 aliphatic rings. The SMILES string of the molecule is CC=C(C)C(=O)O[C@H]1Cc2c3c(c4oc(CO)cc(=O)c4c2O)[C@H](Cc2cccc(O)c2)c2ccnc(N)c2CCC[C@]1(C)O3. The molecule has 0 spiro atoms. The number of aromatic hydroxyl groups is 2. The van der Waals surface area contributed by atoms with Crippen molar-refractivity contribution in [2.24, 2.45) is 0 Å². The highest BCUT2D eigenvalue weighted by Gasteiger charge is 2.47. The first kappa shape index (κ1) is 30.2. The fourth-order valence-corrected chi connectivity index (χ4v) is 6.62. The number of rotatable bonds is 5. The second kappa shape index (κ2) is 11.6. The minimum absolute atomic E-state index is 0.0259. The van der Waals surface area contributed by atoms with E-state index in [1.165, 1.54) is 0 Å². The summed E-state index contributed by atoms with van der Waals surface area (Å²) in [6.07, 6.45) is 4.58. The number of nitrogen functional groups attached to an aromatic ring is 1. The standard InChI is InChI=1S/C35H36N2O8/c1-4-18(2)34(42)44-27-16-25-30(41)29-26(40)15-21(17-38)43-32(29)28-24(14-19-7-5-8-20(39)13-19)22-10-12-37-33(36)23(22)9-6-11-35(27,3)45-31(25)28/h4-5,7-8,10,12-13,15,24,27,38-39,41H,6,9,11,14,16-17H2,1-3H3,(H2,36,37)/t24-,27+,35+/m1/s1. The number of anilines is 1. The van der Waals surface area contributed by atoms with Crippen LogP contribution in [0.15, 0.2) is 63.5 Å². The largest absolute Gasteiger partial charge is 0.508 e. The lowest BCUT2D eigenvalue weighted by atomic mass is 9.76. The predicted octanol–water partition coefficient (Wildman–Crippen LogP) is 4.96. The molecule has 6 rings (SSSR count). The molecular weight excluding hydrogens is 576 g/mol. The molecule has 4 heterocycles. The zero-order chi connectivity index (χ0) is 32.0. The Balaban J connectivity index is 1.70. The molecule has 0 fully saturated rings. The lowest BCUT2D eigenvalue weighted by Crippen LogP contribution is -2.51. The van der Waals surface area contributed by atoms with E-state index in [0.717, 1.165) is 22.8 Å². The van der Waals surface area contributed by atoms with Gasteiger partial charge in [0.15, 0.2) is 5.43 Å². The van der Waals surface area contributed by atoms with Crippen molar-refractivity contribution in [2.45, 2.75) is 77.1 Å². The number of nitrogens with zero attached hydrogens (tertiary/aromatic N) is 1. The second-order valence-corrected chi connectivity index (χ2v) is 12.0. The van der Waals surface area contributed by atoms with Crippen LogP contribution in [0.3, 0.4) is 0 Å². The molecule has 2 aliphatic heterocycles. The van der Waals surface area contributed by atoms with Gasteiger partial charge in [0.1, 0.15) is 58.1 Å². The first-order valence-corrected chi connectivity index (χ1v) is 15.0. The Labute approximate surface area is 259 Å². The maximum absolute atomic E-state index is 13.6. The molecule has 0 radical (unpaired) electrons. The van der Waals surface area contributed by atoms with Crippen LogP contribution in [-0.2, 0) is 35.4 Å². The third-order valence-electron chi connectivity index (χ3n) is 9.15. The number of aromatic nitrogens is 1. The van der Waals surface area contributed by atoms with Crippen LogP contribution in [0.1, 0.15) is 73.1 Å². The molecule has 234 valence electrons. The van der Waals surface area contributed by atoms with Crippen LogP contribution >= 0.6 is 0 Å². The van der Waals surface area contributed by atoms with E-state index in [2.05, 4.69) is 4.98 Å². The van der Waals surface area contributed by atoms with Gasteiger partial charge in [-0.05, 0) is 81.3 Å². The molecule has 0 saturated carbocycles. The number of ether oxygens (including phenoxy) is 2. The Morgan fingerprint density at radius 1 is 1.22 bits per heavy atom. The Morgan fingerprint density at radius 2 is 2.02 bits per heavy atom. The molecule has 0 amide bonds. The molecule has 10 nitrogen and oxygen atoms in total. The molecule has 2 aromatic heterocycles. The van der Waals surface area contributed by atoms with Crippen molar-refractivity contribution < 1.29 is 34.0 Å². The van der Waals surface area contributed by atoms with Crippen LogP contribution in [0.25, 0.3) is 11.0 Å². The number of hydrogen-bond acceptors (Lipinski definition) is 10. The molecule has 45 heavy (non-hydrogen) atoms. The van der Waals surface area contributed by atoms with Gasteiger partial charge in [-0.1, -0.05) is 18.2 Å². The number of phenolic OH excluding ortho intramolecular Hbond substituents is 2. The fraction of sp³-hybridized carbons (Fsp3) is 0.343. The van der Waals surface area contributed by atoms with Gasteiger partial charge in [-0.15, -0.1) is 0 Å². The number of fused-ring (bicyclic) bond motifs is 4. The normalized spacial score (nSPS) is 21.1. The summed E-state index contributed by atoms with van der Waals surface area (Å²) in [5.74, 6) is -0.562. The van der Waals surface area contributed by atoms with Crippen LogP contribution in [0.4, 0.5) is 5.82 Å². The molecule has 10 heteroatoms. The molecule has 0 aliphatic carbocycles. The number of aliphatic hydroxyl groups excluding tert-OH is 1. The fourth-order valence-electron chi connectivity index (χ4n) is 6.62. The van der Waals surface area contributed by atoms with Crippen LogP contribution < -0.4 is 15.9 Å². The zero-order valence-electron chi connectivity index (χ0n) is 25.4. The van der Waals surface area contributed by atoms with Gasteiger partial charge in [-0.25, -0.2) is 9.78 Å². The van der Waals surface area contributed by atoms with E-state index < -0.39 is 35.6 Å². The lowest BCUT2D eigenvalue weighted by molar-refractivity contribution is -0.159. The number of phenols is 2. The highest BCUT2D eigenvalue weighted by molar-refractivity contribution is 5.92. The predicted molar refractivity (Wildman–Crippen MR) is 167 cm³/mol. The molecule has 4 aromatic rings. The van der Waals surface area contributed by atoms with Crippen molar-refractivity contribution in [2.75, 3.05) is 5.73 Å². The van der Waals surface area contributed by atoms with Gasteiger partial charge in [0.2, 0.25) is 0 Å². The maximum Gasteiger partial charge on any atom is 0.333 e. The summed E-state index contributed by atoms with van der Waals surface area (Å²) in [5, 5.41) is 32.0. The molecule has 5 N–H and O–H groups in total. The van der Waals surface area contributed by atoms with Gasteiger partial charge >= 0.3 is 5.97 Å². The van der Waals surface area contributed by atoms with Crippen LogP contribution in [0.2, 0.25) is 0 Å². The summed E-state index contributed by atoms with van der Waals surface area (Å²) < 4.78 is 19.1. The Kier molecular flexibility index (Phi) is 7.78. The molecule has 0 saturated heterocycles. The van der Waals surface area contributed by atoms with Crippen molar-refractivity contribution in [3.8, 4) is 17.2 Å². The summed E-state index contributed by atoms with van der Waals surface area (Å²) in [6, 6.07) is 9.92. The quantitative estimate of drug-likeness (QED) is 0.179. The Morgan fingerprint density at radius 3 is 2.76 bits per heavy atom. The maximum atomic E-state index is 13.6. The third-order valence-corrected chi connectivity index (χ3v) is 9.15. The number of nitrogens with two attached hydrogens (primary N) is 1. The van der Waals surface area contributed by atoms with E-state index in [0.29, 0.717) is 54.0 Å². The highest BCUT2D eigenvalue weighted by Crippen LogP contribution is 2.52. The van der Waals surface area contributed by atoms with Gasteiger partial charge in [0.25, 0.3) is 0 Å². The number of benzene rings is 2. The van der Waals surface area contributed by atoms with Gasteiger partial charge in [0.05, 0.1) is 0 Å². The number of hydrogen-bond donors (Lipinski definition) is 4. The molecule has 0 unspecified atom stereocenters. The minimum atomic E-state index is -1.02. The molecule has 2 bridgehead atoms. The van der Waals surface area contributed by atoms with Crippen molar-refractivity contribution in [3.63, 3.8) is 0 Å². The van der Waals surface area contributed by atoms with E-state index in [9.17, 15) is 24.9 Å². The van der Waals surface area contributed by atoms with Crippen molar-refractivity contribution >= 4 is 22.8 Å². The first-order chi connectivity index (χ1) is 21.5. The molecular formula is C35H36N2O8. The average molecular weight is 613 g/mol. The summed E-state index contributed by atoms with van der Waals surface area (Å²) in [5.41, 5.74) is 8.72. The summed E-state index contributed by atoms with van der Waals surface area (Å²) in [6.45, 7) is 4.76. The number of carbonyl (C=O) groups excluding carboxylic acids is 1. The Hall–Kier alpha value is -4.83. The Bertz CT molecular complexity index is 1910. The van der Waals surface area contributed by atoms with Gasteiger partial charge in [-0.3, -0.25) is 4.79 Å². The molecule has 3 atom stereocenters. The number of carbonyl (C=O) groups is 1. The first-order valence-electron chi connectivity index (χ1n) is 15.0. The number of pyridine rings is 1. The van der Waals surface area contributed by atoms with Gasteiger partial charge < -0.3 is 34.9 Å². The van der Waals surface area contributed by atoms with E-state index in [-0.39, 0.29) is 34.6 Å². The van der Waals surface area contributed by atoms with Crippen LogP contribution in [0.5, 0.6) is 17.2 Å². The topological polar surface area (TPSA) is 165 Å². The molecule has 2 aromatic carbocycles. The van der Waals surface area contributed by atoms with Crippen LogP contribution in [-0.4, -0.2) is 38.0 Å². The number of esters is 1.